The van der Waals surface area contributed by atoms with Gasteiger partial charge in [-0.1, -0.05) is 51.1 Å². The van der Waals surface area contributed by atoms with Crippen molar-refractivity contribution in [2.45, 2.75) is 57.1 Å². The van der Waals surface area contributed by atoms with Gasteiger partial charge in [-0.2, -0.15) is 0 Å². The first kappa shape index (κ1) is 26.9. The van der Waals surface area contributed by atoms with Crippen LogP contribution in [0.2, 0.25) is 5.82 Å². The lowest BCUT2D eigenvalue weighted by Crippen LogP contribution is -2.45. The zero-order valence-corrected chi connectivity index (χ0v) is 21.2. The highest BCUT2D eigenvalue weighted by Crippen LogP contribution is 2.29. The van der Waals surface area contributed by atoms with E-state index in [1.807, 2.05) is 37.3 Å². The number of nitrogens with one attached hydrogen (secondary N) is 1. The van der Waals surface area contributed by atoms with Crippen molar-refractivity contribution in [2.24, 2.45) is 5.92 Å². The van der Waals surface area contributed by atoms with Crippen LogP contribution in [0.25, 0.3) is 0 Å². The van der Waals surface area contributed by atoms with Gasteiger partial charge in [0.05, 0.1) is 18.0 Å². The van der Waals surface area contributed by atoms with Gasteiger partial charge in [0.15, 0.2) is 5.78 Å². The zero-order chi connectivity index (χ0) is 25.2. The summed E-state index contributed by atoms with van der Waals surface area (Å²) < 4.78 is 11.6. The van der Waals surface area contributed by atoms with Crippen molar-refractivity contribution in [3.63, 3.8) is 0 Å². The Kier molecular flexibility index (Phi) is 10.3. The molecule has 1 amide bonds. The molecule has 1 aromatic carbocycles. The van der Waals surface area contributed by atoms with Gasteiger partial charge in [-0.3, -0.25) is 19.4 Å². The molecule has 0 radical (unpaired) electrons. The van der Waals surface area contributed by atoms with Crippen LogP contribution >= 0.6 is 11.8 Å². The smallest absolute Gasteiger partial charge is 0.509 e. The minimum Gasteiger partial charge on any atom is -0.509 e. The van der Waals surface area contributed by atoms with Crippen LogP contribution in [0.4, 0.5) is 0 Å². The van der Waals surface area contributed by atoms with Crippen LogP contribution in [0, 0.1) is 5.92 Å². The summed E-state index contributed by atoms with van der Waals surface area (Å²) in [5, 5.41) is 2.99. The molecule has 2 heterocycles. The summed E-state index contributed by atoms with van der Waals surface area (Å²) in [4.78, 5) is 46.7. The summed E-state index contributed by atoms with van der Waals surface area (Å²) >= 11 is 1.49. The molecule has 3 rings (SSSR count). The average Bonchev–Trinajstić information content (AvgIpc) is 2.84. The molecule has 0 spiro atoms. The predicted octanol–water partition coefficient (Wildman–Crippen LogP) is 3.38. The van der Waals surface area contributed by atoms with Crippen LogP contribution in [0.15, 0.2) is 48.9 Å². The Morgan fingerprint density at radius 2 is 2.00 bits per heavy atom. The highest BCUT2D eigenvalue weighted by atomic mass is 32.2. The first-order valence-corrected chi connectivity index (χ1v) is 12.9. The van der Waals surface area contributed by atoms with Gasteiger partial charge in [-0.25, -0.2) is 4.98 Å². The maximum Gasteiger partial charge on any atom is 0.531 e. The van der Waals surface area contributed by atoms with E-state index in [-0.39, 0.29) is 46.6 Å². The van der Waals surface area contributed by atoms with E-state index in [2.05, 4.69) is 29.1 Å². The summed E-state index contributed by atoms with van der Waals surface area (Å²) in [5.41, 5.74) is 1.06. The number of rotatable bonds is 10. The molecule has 186 valence electrons. The van der Waals surface area contributed by atoms with Crippen molar-refractivity contribution in [2.75, 3.05) is 12.4 Å². The van der Waals surface area contributed by atoms with Crippen LogP contribution in [0.5, 0.6) is 0 Å². The van der Waals surface area contributed by atoms with E-state index >= 15 is 0 Å². The van der Waals surface area contributed by atoms with Crippen LogP contribution < -0.4 is 5.32 Å². The first-order valence-electron chi connectivity index (χ1n) is 11.9. The molecule has 3 atom stereocenters. The fourth-order valence-corrected chi connectivity index (χ4v) is 4.62. The second kappa shape index (κ2) is 13.4. The Balaban J connectivity index is 1.79. The molecular formula is C25H32BN3O5S. The SMILES string of the molecule is CC(C)C[C@H](CC(=O)[C@H](Cc1ccccc1)NC(=O)c1cnccn1)B1OC[C@@H](C)SCC(=O)O1. The van der Waals surface area contributed by atoms with E-state index in [0.717, 1.165) is 5.56 Å². The van der Waals surface area contributed by atoms with Gasteiger partial charge < -0.3 is 14.6 Å². The molecule has 1 aliphatic rings. The fraction of sp³-hybridized carbons (Fsp3) is 0.480. The summed E-state index contributed by atoms with van der Waals surface area (Å²) in [5.74, 6) is -0.769. The average molecular weight is 497 g/mol. The predicted molar refractivity (Wildman–Crippen MR) is 136 cm³/mol. The number of carbonyl (C=O) groups is 3. The van der Waals surface area contributed by atoms with E-state index < -0.39 is 19.1 Å². The van der Waals surface area contributed by atoms with E-state index in [0.29, 0.717) is 19.4 Å². The molecule has 35 heavy (non-hydrogen) atoms. The lowest BCUT2D eigenvalue weighted by Gasteiger charge is -2.28. The standard InChI is InChI=1S/C25H32BN3O5S/c1-17(2)11-20(26-33-15-18(3)35-16-24(31)34-26)13-23(30)21(12-19-7-5-4-6-8-19)29-25(32)22-14-27-9-10-28-22/h4-10,14,17-18,20-21H,11-13,15-16H2,1-3H3,(H,29,32)/t18-,20-,21+/m1/s1. The highest BCUT2D eigenvalue weighted by Gasteiger charge is 2.39. The van der Waals surface area contributed by atoms with Crippen molar-refractivity contribution < 1.29 is 23.7 Å². The zero-order valence-electron chi connectivity index (χ0n) is 20.4. The molecule has 1 aliphatic heterocycles. The van der Waals surface area contributed by atoms with Gasteiger partial charge in [0.2, 0.25) is 0 Å². The summed E-state index contributed by atoms with van der Waals surface area (Å²) in [6.45, 7) is 6.54. The molecule has 1 N–H and O–H groups in total. The maximum atomic E-state index is 13.6. The molecule has 1 saturated heterocycles. The van der Waals surface area contributed by atoms with Gasteiger partial charge in [-0.15, -0.1) is 11.8 Å². The number of nitrogens with zero attached hydrogens (tertiary/aromatic N) is 2. The van der Waals surface area contributed by atoms with E-state index in [1.165, 1.54) is 30.4 Å². The summed E-state index contributed by atoms with van der Waals surface area (Å²) in [7, 11) is -0.801. The second-order valence-corrected chi connectivity index (χ2v) is 10.6. The van der Waals surface area contributed by atoms with Gasteiger partial charge in [0, 0.05) is 36.5 Å². The second-order valence-electron chi connectivity index (χ2n) is 9.18. The third-order valence-corrected chi connectivity index (χ3v) is 6.73. The van der Waals surface area contributed by atoms with Crippen LogP contribution in [0.3, 0.4) is 0 Å². The van der Waals surface area contributed by atoms with E-state index in [4.69, 9.17) is 9.31 Å². The first-order chi connectivity index (χ1) is 16.8. The Morgan fingerprint density at radius 1 is 1.23 bits per heavy atom. The minimum absolute atomic E-state index is 0.107. The lowest BCUT2D eigenvalue weighted by atomic mass is 9.64. The molecule has 0 aliphatic carbocycles. The van der Waals surface area contributed by atoms with Gasteiger partial charge in [0.25, 0.3) is 11.9 Å². The molecule has 1 aromatic heterocycles. The van der Waals surface area contributed by atoms with Crippen molar-refractivity contribution in [3.05, 3.63) is 60.2 Å². The lowest BCUT2D eigenvalue weighted by molar-refractivity contribution is -0.133. The number of benzene rings is 1. The number of hydrogen-bond donors (Lipinski definition) is 1. The number of amides is 1. The van der Waals surface area contributed by atoms with Crippen molar-refractivity contribution >= 4 is 36.5 Å². The molecular weight excluding hydrogens is 465 g/mol. The Bertz CT molecular complexity index is 980. The van der Waals surface area contributed by atoms with Crippen molar-refractivity contribution in [1.29, 1.82) is 0 Å². The number of carbonyl (C=O) groups excluding carboxylic acids is 3. The molecule has 0 unspecified atom stereocenters. The number of ketones is 1. The third-order valence-electron chi connectivity index (χ3n) is 5.62. The highest BCUT2D eigenvalue weighted by molar-refractivity contribution is 8.00. The number of Topliss-reactive ketones (excluding diaryl/α,β-unsaturated/α-hetero) is 1. The minimum atomic E-state index is -0.801. The monoisotopic (exact) mass is 497 g/mol. The Morgan fingerprint density at radius 3 is 2.69 bits per heavy atom. The molecule has 8 nitrogen and oxygen atoms in total. The largest absolute Gasteiger partial charge is 0.531 e. The van der Waals surface area contributed by atoms with Crippen LogP contribution in [-0.2, 0) is 25.3 Å². The Hall–Kier alpha value is -2.72. The van der Waals surface area contributed by atoms with Crippen LogP contribution in [-0.4, -0.2) is 58.4 Å². The van der Waals surface area contributed by atoms with Gasteiger partial charge in [-0.05, 0) is 24.3 Å². The molecule has 10 heteroatoms. The number of aromatic nitrogens is 2. The normalized spacial score (nSPS) is 18.2. The topological polar surface area (TPSA) is 107 Å². The maximum absolute atomic E-state index is 13.6. The summed E-state index contributed by atoms with van der Waals surface area (Å²) in [6, 6.07) is 8.74. The number of hydrogen-bond acceptors (Lipinski definition) is 8. The summed E-state index contributed by atoms with van der Waals surface area (Å²) in [6.07, 6.45) is 5.36. The van der Waals surface area contributed by atoms with Crippen molar-refractivity contribution in [1.82, 2.24) is 15.3 Å². The molecule has 0 saturated carbocycles. The molecule has 1 fully saturated rings. The van der Waals surface area contributed by atoms with E-state index in [9.17, 15) is 14.4 Å². The van der Waals surface area contributed by atoms with Crippen molar-refractivity contribution in [3.8, 4) is 0 Å². The van der Waals surface area contributed by atoms with E-state index in [1.54, 1.807) is 0 Å². The Labute approximate surface area is 211 Å². The van der Waals surface area contributed by atoms with Gasteiger partial charge in [0.1, 0.15) is 5.69 Å². The third kappa shape index (κ3) is 8.78. The fourth-order valence-electron chi connectivity index (χ4n) is 3.96. The molecule has 2 aromatic rings. The quantitative estimate of drug-likeness (QED) is 0.498. The van der Waals surface area contributed by atoms with Crippen LogP contribution in [0.1, 0.15) is 49.7 Å². The number of thioether (sulfide) groups is 1. The molecule has 0 bridgehead atoms. The van der Waals surface area contributed by atoms with Gasteiger partial charge >= 0.3 is 7.12 Å².